The molecule has 17 heavy (non-hydrogen) atoms. The Labute approximate surface area is 109 Å². The molecule has 3 nitrogen and oxygen atoms in total. The lowest BCUT2D eigenvalue weighted by Crippen LogP contribution is -1.98. The molecule has 0 spiro atoms. The molecule has 0 saturated heterocycles. The number of pyridine rings is 1. The first-order valence-corrected chi connectivity index (χ1v) is 5.69. The minimum Gasteiger partial charge on any atom is -0.473 e. The van der Waals surface area contributed by atoms with Gasteiger partial charge in [-0.3, -0.25) is 0 Å². The average molecular weight is 269 g/mol. The number of rotatable bonds is 3. The van der Waals surface area contributed by atoms with Crippen molar-refractivity contribution in [1.29, 1.82) is 0 Å². The summed E-state index contributed by atoms with van der Waals surface area (Å²) in [4.78, 5) is 4.00. The second-order valence-corrected chi connectivity index (χ2v) is 4.30. The van der Waals surface area contributed by atoms with Crippen LogP contribution in [0.1, 0.15) is 5.56 Å². The molecule has 0 saturated carbocycles. The van der Waals surface area contributed by atoms with Gasteiger partial charge in [0.15, 0.2) is 0 Å². The van der Waals surface area contributed by atoms with Crippen molar-refractivity contribution < 1.29 is 4.74 Å². The normalized spacial score (nSPS) is 10.2. The maximum Gasteiger partial charge on any atom is 0.217 e. The number of ether oxygens (including phenoxy) is 1. The monoisotopic (exact) mass is 268 g/mol. The van der Waals surface area contributed by atoms with Crippen LogP contribution in [-0.2, 0) is 6.61 Å². The third kappa shape index (κ3) is 3.51. The van der Waals surface area contributed by atoms with Crippen LogP contribution in [0.4, 0.5) is 5.69 Å². The highest BCUT2D eigenvalue weighted by Gasteiger charge is 2.01. The summed E-state index contributed by atoms with van der Waals surface area (Å²) >= 11 is 11.5. The van der Waals surface area contributed by atoms with Gasteiger partial charge in [0.25, 0.3) is 0 Å². The second kappa shape index (κ2) is 5.25. The third-order valence-electron chi connectivity index (χ3n) is 2.09. The molecule has 0 radical (unpaired) electrons. The lowest BCUT2D eigenvalue weighted by molar-refractivity contribution is 0.294. The number of hydrogen-bond donors (Lipinski definition) is 1. The molecule has 0 fully saturated rings. The standard InChI is InChI=1S/C12H10Cl2N2O/c13-9-3-1-8(2-4-9)7-17-12-6-10(15)5-11(14)16-12/h1-6H,7H2,(H2,15,16). The minimum atomic E-state index is 0.316. The fourth-order valence-electron chi connectivity index (χ4n) is 1.30. The first-order valence-electron chi connectivity index (χ1n) is 4.94. The zero-order chi connectivity index (χ0) is 12.3. The van der Waals surface area contributed by atoms with Crippen LogP contribution < -0.4 is 10.5 Å². The SMILES string of the molecule is Nc1cc(Cl)nc(OCc2ccc(Cl)cc2)c1. The smallest absolute Gasteiger partial charge is 0.217 e. The largest absolute Gasteiger partial charge is 0.473 e. The highest BCUT2D eigenvalue weighted by molar-refractivity contribution is 6.30. The Bertz CT molecular complexity index is 494. The molecular weight excluding hydrogens is 259 g/mol. The van der Waals surface area contributed by atoms with Crippen LogP contribution in [0.5, 0.6) is 5.88 Å². The Balaban J connectivity index is 2.04. The summed E-state index contributed by atoms with van der Waals surface area (Å²) in [7, 11) is 0. The van der Waals surface area contributed by atoms with E-state index in [0.717, 1.165) is 5.56 Å². The van der Waals surface area contributed by atoms with Crippen molar-refractivity contribution in [2.45, 2.75) is 6.61 Å². The zero-order valence-corrected chi connectivity index (χ0v) is 10.4. The molecule has 0 unspecified atom stereocenters. The molecule has 2 aromatic rings. The van der Waals surface area contributed by atoms with Gasteiger partial charge >= 0.3 is 0 Å². The molecule has 2 rings (SSSR count). The van der Waals surface area contributed by atoms with Gasteiger partial charge in [0.1, 0.15) is 11.8 Å². The second-order valence-electron chi connectivity index (χ2n) is 3.48. The summed E-state index contributed by atoms with van der Waals surface area (Å²) in [5.74, 6) is 0.407. The molecular formula is C12H10Cl2N2O. The van der Waals surface area contributed by atoms with Crippen molar-refractivity contribution in [2.24, 2.45) is 0 Å². The molecule has 0 amide bonds. The molecule has 0 aliphatic heterocycles. The number of nitrogen functional groups attached to an aromatic ring is 1. The fourth-order valence-corrected chi connectivity index (χ4v) is 1.64. The van der Waals surface area contributed by atoms with E-state index in [1.807, 2.05) is 12.1 Å². The van der Waals surface area contributed by atoms with Crippen LogP contribution in [0, 0.1) is 0 Å². The number of aromatic nitrogens is 1. The van der Waals surface area contributed by atoms with Gasteiger partial charge in [-0.1, -0.05) is 35.3 Å². The van der Waals surface area contributed by atoms with Gasteiger partial charge in [-0.15, -0.1) is 0 Å². The van der Waals surface area contributed by atoms with Crippen molar-refractivity contribution in [3.63, 3.8) is 0 Å². The zero-order valence-electron chi connectivity index (χ0n) is 8.86. The number of benzene rings is 1. The summed E-state index contributed by atoms with van der Waals surface area (Å²) in [6, 6.07) is 10.6. The molecule has 0 aliphatic carbocycles. The molecule has 0 atom stereocenters. The lowest BCUT2D eigenvalue weighted by atomic mass is 10.2. The Kier molecular flexibility index (Phi) is 3.71. The van der Waals surface area contributed by atoms with Gasteiger partial charge < -0.3 is 10.5 Å². The summed E-state index contributed by atoms with van der Waals surface area (Å²) in [6.07, 6.45) is 0. The lowest BCUT2D eigenvalue weighted by Gasteiger charge is -2.06. The highest BCUT2D eigenvalue weighted by Crippen LogP contribution is 2.19. The molecule has 2 N–H and O–H groups in total. The summed E-state index contributed by atoms with van der Waals surface area (Å²) in [5.41, 5.74) is 7.15. The fraction of sp³-hybridized carbons (Fsp3) is 0.0833. The van der Waals surface area contributed by atoms with Gasteiger partial charge in [-0.05, 0) is 23.8 Å². The van der Waals surface area contributed by atoms with Crippen LogP contribution in [0.2, 0.25) is 10.2 Å². The number of anilines is 1. The van der Waals surface area contributed by atoms with Gasteiger partial charge in [0, 0.05) is 16.8 Å². The van der Waals surface area contributed by atoms with Gasteiger partial charge in [0.05, 0.1) is 0 Å². The van der Waals surface area contributed by atoms with Gasteiger partial charge in [-0.25, -0.2) is 4.98 Å². The van der Waals surface area contributed by atoms with Crippen LogP contribution >= 0.6 is 23.2 Å². The first kappa shape index (κ1) is 12.0. The van der Waals surface area contributed by atoms with E-state index in [2.05, 4.69) is 4.98 Å². The van der Waals surface area contributed by atoms with E-state index in [0.29, 0.717) is 28.3 Å². The van der Waals surface area contributed by atoms with E-state index in [9.17, 15) is 0 Å². The Morgan fingerprint density at radius 2 is 1.82 bits per heavy atom. The average Bonchev–Trinajstić information content (AvgIpc) is 2.27. The highest BCUT2D eigenvalue weighted by atomic mass is 35.5. The predicted octanol–water partition coefficient (Wildman–Crippen LogP) is 3.55. The van der Waals surface area contributed by atoms with Crippen LogP contribution in [-0.4, -0.2) is 4.98 Å². The summed E-state index contributed by atoms with van der Waals surface area (Å²) in [5, 5.41) is 1.01. The summed E-state index contributed by atoms with van der Waals surface area (Å²) in [6.45, 7) is 0.393. The van der Waals surface area contributed by atoms with Crippen molar-refractivity contribution >= 4 is 28.9 Å². The molecule has 5 heteroatoms. The predicted molar refractivity (Wildman–Crippen MR) is 69.4 cm³/mol. The molecule has 0 bridgehead atoms. The molecule has 0 aliphatic rings. The Hall–Kier alpha value is -1.45. The maximum atomic E-state index is 5.78. The quantitative estimate of drug-likeness (QED) is 0.867. The van der Waals surface area contributed by atoms with Gasteiger partial charge in [0.2, 0.25) is 5.88 Å². The van der Waals surface area contributed by atoms with E-state index in [4.69, 9.17) is 33.7 Å². The van der Waals surface area contributed by atoms with Crippen molar-refractivity contribution in [2.75, 3.05) is 5.73 Å². The van der Waals surface area contributed by atoms with E-state index in [1.165, 1.54) is 0 Å². The third-order valence-corrected chi connectivity index (χ3v) is 2.54. The van der Waals surface area contributed by atoms with Gasteiger partial charge in [-0.2, -0.15) is 0 Å². The van der Waals surface area contributed by atoms with E-state index in [-0.39, 0.29) is 0 Å². The molecule has 1 aromatic heterocycles. The van der Waals surface area contributed by atoms with Crippen LogP contribution in [0.3, 0.4) is 0 Å². The van der Waals surface area contributed by atoms with Crippen LogP contribution in [0.25, 0.3) is 0 Å². The minimum absolute atomic E-state index is 0.316. The number of hydrogen-bond acceptors (Lipinski definition) is 3. The summed E-state index contributed by atoms with van der Waals surface area (Å²) < 4.78 is 5.47. The molecule has 88 valence electrons. The van der Waals surface area contributed by atoms with Crippen molar-refractivity contribution in [1.82, 2.24) is 4.98 Å². The number of halogens is 2. The van der Waals surface area contributed by atoms with E-state index < -0.39 is 0 Å². The molecule has 1 aromatic carbocycles. The van der Waals surface area contributed by atoms with E-state index >= 15 is 0 Å². The molecule has 1 heterocycles. The maximum absolute atomic E-state index is 5.78. The van der Waals surface area contributed by atoms with Crippen LogP contribution in [0.15, 0.2) is 36.4 Å². The number of nitrogens with zero attached hydrogens (tertiary/aromatic N) is 1. The topological polar surface area (TPSA) is 48.1 Å². The Morgan fingerprint density at radius 1 is 1.12 bits per heavy atom. The Morgan fingerprint density at radius 3 is 2.47 bits per heavy atom. The van der Waals surface area contributed by atoms with Crippen molar-refractivity contribution in [3.8, 4) is 5.88 Å². The first-order chi connectivity index (χ1) is 8.13. The van der Waals surface area contributed by atoms with Crippen molar-refractivity contribution in [3.05, 3.63) is 52.1 Å². The van der Waals surface area contributed by atoms with E-state index in [1.54, 1.807) is 24.3 Å². The number of nitrogens with two attached hydrogens (primary N) is 1.